The van der Waals surface area contributed by atoms with Gasteiger partial charge in [0.05, 0.1) is 16.0 Å². The standard InChI is InChI=1S/C8H10BrN3O3S/c9-5-3-11-8(16-5)12-7(15)4(10)1-2-6(13)14/h3-4H,1-2,10H2,(H,13,14)(H,11,12,15). The Kier molecular flexibility index (Phi) is 4.84. The van der Waals surface area contributed by atoms with Gasteiger partial charge >= 0.3 is 5.97 Å². The quantitative estimate of drug-likeness (QED) is 0.753. The van der Waals surface area contributed by atoms with E-state index in [1.54, 1.807) is 6.20 Å². The van der Waals surface area contributed by atoms with Gasteiger partial charge in [-0.2, -0.15) is 0 Å². The van der Waals surface area contributed by atoms with Gasteiger partial charge in [-0.05, 0) is 22.4 Å². The van der Waals surface area contributed by atoms with Gasteiger partial charge in [0.15, 0.2) is 5.13 Å². The highest BCUT2D eigenvalue weighted by Gasteiger charge is 2.16. The van der Waals surface area contributed by atoms with Gasteiger partial charge in [-0.15, -0.1) is 0 Å². The molecule has 0 fully saturated rings. The molecule has 0 radical (unpaired) electrons. The molecule has 0 aliphatic rings. The lowest BCUT2D eigenvalue weighted by atomic mass is 10.1. The molecule has 1 heterocycles. The number of halogens is 1. The Morgan fingerprint density at radius 1 is 1.69 bits per heavy atom. The van der Waals surface area contributed by atoms with E-state index >= 15 is 0 Å². The minimum atomic E-state index is -0.972. The highest BCUT2D eigenvalue weighted by atomic mass is 79.9. The summed E-state index contributed by atoms with van der Waals surface area (Å²) in [5.74, 6) is -1.40. The van der Waals surface area contributed by atoms with Crippen LogP contribution in [0.1, 0.15) is 12.8 Å². The molecule has 1 unspecified atom stereocenters. The van der Waals surface area contributed by atoms with Crippen LogP contribution < -0.4 is 11.1 Å². The molecular formula is C8H10BrN3O3S. The second kappa shape index (κ2) is 5.92. The van der Waals surface area contributed by atoms with Crippen LogP contribution in [0.5, 0.6) is 0 Å². The number of hydrogen-bond donors (Lipinski definition) is 3. The lowest BCUT2D eigenvalue weighted by Crippen LogP contribution is -2.35. The Morgan fingerprint density at radius 2 is 2.38 bits per heavy atom. The molecule has 1 aromatic rings. The van der Waals surface area contributed by atoms with E-state index < -0.39 is 17.9 Å². The number of nitrogens with zero attached hydrogens (tertiary/aromatic N) is 1. The van der Waals surface area contributed by atoms with E-state index in [9.17, 15) is 9.59 Å². The number of anilines is 1. The second-order valence-corrected chi connectivity index (χ2v) is 5.41. The number of aromatic nitrogens is 1. The lowest BCUT2D eigenvalue weighted by molar-refractivity contribution is -0.137. The largest absolute Gasteiger partial charge is 0.481 e. The van der Waals surface area contributed by atoms with Crippen LogP contribution in [0.2, 0.25) is 0 Å². The fourth-order valence-electron chi connectivity index (χ4n) is 0.920. The summed E-state index contributed by atoms with van der Waals surface area (Å²) in [6.45, 7) is 0. The van der Waals surface area contributed by atoms with Crippen LogP contribution >= 0.6 is 27.3 Å². The van der Waals surface area contributed by atoms with Crippen molar-refractivity contribution in [3.63, 3.8) is 0 Å². The number of carbonyl (C=O) groups excluding carboxylic acids is 1. The maximum atomic E-state index is 11.5. The van der Waals surface area contributed by atoms with E-state index in [2.05, 4.69) is 26.2 Å². The summed E-state index contributed by atoms with van der Waals surface area (Å²) in [7, 11) is 0. The zero-order valence-corrected chi connectivity index (χ0v) is 10.5. The average molecular weight is 308 g/mol. The molecule has 0 bridgehead atoms. The summed E-state index contributed by atoms with van der Waals surface area (Å²) in [6, 6.07) is -0.834. The van der Waals surface area contributed by atoms with E-state index in [4.69, 9.17) is 10.8 Å². The van der Waals surface area contributed by atoms with Crippen LogP contribution in [0.3, 0.4) is 0 Å². The summed E-state index contributed by atoms with van der Waals surface area (Å²) in [5.41, 5.74) is 5.51. The lowest BCUT2D eigenvalue weighted by Gasteiger charge is -2.08. The van der Waals surface area contributed by atoms with Gasteiger partial charge in [0, 0.05) is 6.42 Å². The van der Waals surface area contributed by atoms with Crippen molar-refractivity contribution in [3.8, 4) is 0 Å². The summed E-state index contributed by atoms with van der Waals surface area (Å²) >= 11 is 4.46. The maximum absolute atomic E-state index is 11.5. The van der Waals surface area contributed by atoms with Crippen molar-refractivity contribution < 1.29 is 14.7 Å². The van der Waals surface area contributed by atoms with Crippen molar-refractivity contribution in [1.82, 2.24) is 4.98 Å². The number of thiazole rings is 1. The second-order valence-electron chi connectivity index (χ2n) is 3.00. The van der Waals surface area contributed by atoms with Crippen LogP contribution in [0, 0.1) is 0 Å². The minimum Gasteiger partial charge on any atom is -0.481 e. The Balaban J connectivity index is 2.42. The summed E-state index contributed by atoms with van der Waals surface area (Å²) in [4.78, 5) is 25.6. The monoisotopic (exact) mass is 307 g/mol. The molecule has 0 saturated carbocycles. The van der Waals surface area contributed by atoms with Crippen molar-refractivity contribution in [2.75, 3.05) is 5.32 Å². The highest BCUT2D eigenvalue weighted by molar-refractivity contribution is 9.11. The summed E-state index contributed by atoms with van der Waals surface area (Å²) in [6.07, 6.45) is 1.53. The third-order valence-corrected chi connectivity index (χ3v) is 3.11. The van der Waals surface area contributed by atoms with Crippen molar-refractivity contribution in [1.29, 1.82) is 0 Å². The minimum absolute atomic E-state index is 0.105. The van der Waals surface area contributed by atoms with Gasteiger partial charge in [-0.1, -0.05) is 11.3 Å². The van der Waals surface area contributed by atoms with Crippen molar-refractivity contribution in [2.24, 2.45) is 5.73 Å². The number of amides is 1. The Bertz CT molecular complexity index is 396. The highest BCUT2D eigenvalue weighted by Crippen LogP contribution is 2.23. The fraction of sp³-hybridized carbons (Fsp3) is 0.375. The van der Waals surface area contributed by atoms with E-state index in [-0.39, 0.29) is 12.8 Å². The van der Waals surface area contributed by atoms with Gasteiger partial charge in [0.25, 0.3) is 0 Å². The Hall–Kier alpha value is -0.990. The molecule has 1 rings (SSSR count). The zero-order chi connectivity index (χ0) is 12.1. The van der Waals surface area contributed by atoms with Crippen molar-refractivity contribution in [2.45, 2.75) is 18.9 Å². The number of aliphatic carboxylic acids is 1. The molecule has 4 N–H and O–H groups in total. The normalized spacial score (nSPS) is 12.1. The first-order valence-corrected chi connectivity index (χ1v) is 5.99. The molecule has 0 saturated heterocycles. The van der Waals surface area contributed by atoms with E-state index in [1.807, 2.05) is 0 Å². The number of hydrogen-bond acceptors (Lipinski definition) is 5. The molecule has 0 aromatic carbocycles. The van der Waals surface area contributed by atoms with Crippen LogP contribution in [0.4, 0.5) is 5.13 Å². The zero-order valence-electron chi connectivity index (χ0n) is 8.14. The molecule has 0 aliphatic heterocycles. The van der Waals surface area contributed by atoms with Crippen molar-refractivity contribution >= 4 is 44.3 Å². The van der Waals surface area contributed by atoms with E-state index in [0.717, 1.165) is 3.79 Å². The number of carboxylic acids is 1. The number of carboxylic acid groups (broad SMARTS) is 1. The number of rotatable bonds is 5. The predicted octanol–water partition coefficient (Wildman–Crippen LogP) is 1.04. The van der Waals surface area contributed by atoms with Crippen LogP contribution in [-0.2, 0) is 9.59 Å². The molecule has 6 nitrogen and oxygen atoms in total. The number of carbonyl (C=O) groups is 2. The van der Waals surface area contributed by atoms with Gasteiger partial charge in [0.2, 0.25) is 5.91 Å². The maximum Gasteiger partial charge on any atom is 0.303 e. The average Bonchev–Trinajstić information content (AvgIpc) is 2.60. The van der Waals surface area contributed by atoms with E-state index in [1.165, 1.54) is 11.3 Å². The number of nitrogens with two attached hydrogens (primary N) is 1. The fourth-order valence-corrected chi connectivity index (χ4v) is 2.03. The van der Waals surface area contributed by atoms with Crippen LogP contribution in [0.25, 0.3) is 0 Å². The summed E-state index contributed by atoms with van der Waals surface area (Å²) in [5, 5.41) is 11.4. The molecule has 0 aliphatic carbocycles. The SMILES string of the molecule is NC(CCC(=O)O)C(=O)Nc1ncc(Br)s1. The molecule has 1 amide bonds. The van der Waals surface area contributed by atoms with Crippen LogP contribution in [0.15, 0.2) is 9.98 Å². The van der Waals surface area contributed by atoms with Gasteiger partial charge in [-0.3, -0.25) is 9.59 Å². The molecule has 16 heavy (non-hydrogen) atoms. The Morgan fingerprint density at radius 3 is 2.88 bits per heavy atom. The first-order chi connectivity index (χ1) is 7.49. The first-order valence-electron chi connectivity index (χ1n) is 4.38. The smallest absolute Gasteiger partial charge is 0.303 e. The first kappa shape index (κ1) is 13.1. The molecule has 88 valence electrons. The molecule has 0 spiro atoms. The van der Waals surface area contributed by atoms with E-state index in [0.29, 0.717) is 5.13 Å². The predicted molar refractivity (Wildman–Crippen MR) is 63.3 cm³/mol. The molecule has 1 aromatic heterocycles. The third-order valence-electron chi connectivity index (χ3n) is 1.71. The summed E-state index contributed by atoms with van der Waals surface area (Å²) < 4.78 is 0.793. The molecule has 1 atom stereocenters. The van der Waals surface area contributed by atoms with Crippen LogP contribution in [-0.4, -0.2) is 28.0 Å². The molecule has 8 heteroatoms. The van der Waals surface area contributed by atoms with Gasteiger partial charge < -0.3 is 16.2 Å². The van der Waals surface area contributed by atoms with Crippen molar-refractivity contribution in [3.05, 3.63) is 9.98 Å². The molecular weight excluding hydrogens is 298 g/mol. The van der Waals surface area contributed by atoms with Gasteiger partial charge in [-0.25, -0.2) is 4.98 Å². The number of nitrogens with one attached hydrogen (secondary N) is 1. The third kappa shape index (κ3) is 4.25. The topological polar surface area (TPSA) is 105 Å². The van der Waals surface area contributed by atoms with Gasteiger partial charge in [0.1, 0.15) is 0 Å². The Labute approximate surface area is 104 Å².